The zero-order chi connectivity index (χ0) is 9.26. The van der Waals surface area contributed by atoms with Crippen molar-refractivity contribution in [2.45, 2.75) is 0 Å². The van der Waals surface area contributed by atoms with Crippen LogP contribution in [0.25, 0.3) is 11.0 Å². The Hall–Kier alpha value is -1.75. The highest BCUT2D eigenvalue weighted by Gasteiger charge is 2.02. The van der Waals surface area contributed by atoms with Crippen molar-refractivity contribution in [2.75, 3.05) is 0 Å². The predicted molar refractivity (Wildman–Crippen MR) is 53.1 cm³/mol. The molecule has 0 aliphatic carbocycles. The first kappa shape index (κ1) is 10.3. The maximum Gasteiger partial charge on any atom is 0.250 e. The molecule has 0 spiro atoms. The number of carbonyl (C=O) groups excluding carboxylic acids is 1. The third kappa shape index (κ3) is 1.77. The third-order valence-corrected chi connectivity index (χ3v) is 1.64. The highest BCUT2D eigenvalue weighted by Crippen LogP contribution is 2.07. The van der Waals surface area contributed by atoms with Crippen LogP contribution in [0.5, 0.6) is 0 Å². The minimum atomic E-state index is -0.502. The summed E-state index contributed by atoms with van der Waals surface area (Å²) in [5.74, 6) is -0.502. The molecule has 1 amide bonds. The topological polar surface area (TPSA) is 81.8 Å². The molecule has 2 aromatic heterocycles. The minimum Gasteiger partial charge on any atom is -0.366 e. The number of nitrogens with two attached hydrogens (primary N) is 1. The van der Waals surface area contributed by atoms with Gasteiger partial charge in [-0.05, 0) is 6.07 Å². The van der Waals surface area contributed by atoms with Crippen molar-refractivity contribution in [1.82, 2.24) is 15.0 Å². The maximum absolute atomic E-state index is 10.8. The van der Waals surface area contributed by atoms with Gasteiger partial charge in [0, 0.05) is 17.8 Å². The van der Waals surface area contributed by atoms with Crippen LogP contribution in [-0.2, 0) is 0 Å². The Kier molecular flexibility index (Phi) is 2.93. The molecular formula is C8H7ClN4O. The molecule has 2 N–H and O–H groups in total. The van der Waals surface area contributed by atoms with Crippen LogP contribution in [0, 0.1) is 0 Å². The van der Waals surface area contributed by atoms with Gasteiger partial charge in [0.2, 0.25) is 5.91 Å². The average Bonchev–Trinajstić information content (AvgIpc) is 2.17. The number of nitrogens with zero attached hydrogens (tertiary/aromatic N) is 3. The van der Waals surface area contributed by atoms with Gasteiger partial charge in [0.15, 0.2) is 5.65 Å². The molecule has 0 saturated heterocycles. The standard InChI is InChI=1S/C8H6N4O.ClH/c9-7(13)5-1-6-2-10-4-12-8(6)11-3-5;/h1-4H,(H2,9,13);1H. The number of halogens is 1. The monoisotopic (exact) mass is 210 g/mol. The van der Waals surface area contributed by atoms with Crippen LogP contribution in [0.2, 0.25) is 0 Å². The van der Waals surface area contributed by atoms with E-state index in [2.05, 4.69) is 15.0 Å². The Balaban J connectivity index is 0.000000980. The first-order valence-corrected chi connectivity index (χ1v) is 3.63. The molecule has 72 valence electrons. The number of carbonyl (C=O) groups is 1. The fraction of sp³-hybridized carbons (Fsp3) is 0. The number of fused-ring (bicyclic) bond motifs is 1. The highest BCUT2D eigenvalue weighted by molar-refractivity contribution is 5.95. The number of primary amides is 1. The SMILES string of the molecule is Cl.NC(=O)c1cnc2ncncc2c1. The first-order chi connectivity index (χ1) is 6.27. The fourth-order valence-corrected chi connectivity index (χ4v) is 1.01. The van der Waals surface area contributed by atoms with Crippen LogP contribution in [0.4, 0.5) is 0 Å². The molecule has 0 bridgehead atoms. The maximum atomic E-state index is 10.8. The van der Waals surface area contributed by atoms with E-state index in [0.717, 1.165) is 0 Å². The van der Waals surface area contributed by atoms with E-state index in [0.29, 0.717) is 16.6 Å². The van der Waals surface area contributed by atoms with Crippen molar-refractivity contribution >= 4 is 29.3 Å². The van der Waals surface area contributed by atoms with Crippen LogP contribution in [-0.4, -0.2) is 20.9 Å². The van der Waals surface area contributed by atoms with E-state index in [1.165, 1.54) is 12.5 Å². The van der Waals surface area contributed by atoms with E-state index in [9.17, 15) is 4.79 Å². The summed E-state index contributed by atoms with van der Waals surface area (Å²) in [5, 5.41) is 0.707. The molecule has 0 fully saturated rings. The highest BCUT2D eigenvalue weighted by atomic mass is 35.5. The molecule has 2 rings (SSSR count). The second kappa shape index (κ2) is 3.97. The molecule has 0 aromatic carbocycles. The summed E-state index contributed by atoms with van der Waals surface area (Å²) in [6.07, 6.45) is 4.39. The lowest BCUT2D eigenvalue weighted by atomic mass is 10.2. The van der Waals surface area contributed by atoms with Crippen molar-refractivity contribution in [3.8, 4) is 0 Å². The number of hydrogen-bond acceptors (Lipinski definition) is 4. The molecule has 0 saturated carbocycles. The lowest BCUT2D eigenvalue weighted by molar-refractivity contribution is 0.1000. The van der Waals surface area contributed by atoms with Gasteiger partial charge >= 0.3 is 0 Å². The van der Waals surface area contributed by atoms with Gasteiger partial charge in [-0.2, -0.15) is 0 Å². The first-order valence-electron chi connectivity index (χ1n) is 3.63. The quantitative estimate of drug-likeness (QED) is 0.745. The molecular weight excluding hydrogens is 204 g/mol. The van der Waals surface area contributed by atoms with E-state index in [-0.39, 0.29) is 12.4 Å². The third-order valence-electron chi connectivity index (χ3n) is 1.64. The lowest BCUT2D eigenvalue weighted by Crippen LogP contribution is -2.11. The van der Waals surface area contributed by atoms with Crippen LogP contribution in [0.1, 0.15) is 10.4 Å². The van der Waals surface area contributed by atoms with E-state index >= 15 is 0 Å². The van der Waals surface area contributed by atoms with Gasteiger partial charge in [0.25, 0.3) is 0 Å². The number of rotatable bonds is 1. The summed E-state index contributed by atoms with van der Waals surface area (Å²) in [5.41, 5.74) is 6.00. The Morgan fingerprint density at radius 2 is 2.07 bits per heavy atom. The van der Waals surface area contributed by atoms with Crippen molar-refractivity contribution in [3.63, 3.8) is 0 Å². The van der Waals surface area contributed by atoms with Gasteiger partial charge < -0.3 is 5.73 Å². The zero-order valence-corrected chi connectivity index (χ0v) is 7.86. The molecule has 0 aliphatic heterocycles. The minimum absolute atomic E-state index is 0. The van der Waals surface area contributed by atoms with Crippen LogP contribution in [0.15, 0.2) is 24.8 Å². The Morgan fingerprint density at radius 3 is 2.79 bits per heavy atom. The Bertz CT molecular complexity index is 474. The Labute approximate surface area is 85.8 Å². The van der Waals surface area contributed by atoms with Crippen LogP contribution < -0.4 is 5.73 Å². The molecule has 0 radical (unpaired) electrons. The second-order valence-corrected chi connectivity index (χ2v) is 2.52. The summed E-state index contributed by atoms with van der Waals surface area (Å²) in [4.78, 5) is 22.5. The second-order valence-electron chi connectivity index (χ2n) is 2.52. The van der Waals surface area contributed by atoms with Gasteiger partial charge in [-0.3, -0.25) is 4.79 Å². The molecule has 0 atom stereocenters. The lowest BCUT2D eigenvalue weighted by Gasteiger charge is -1.96. The summed E-state index contributed by atoms with van der Waals surface area (Å²) >= 11 is 0. The fourth-order valence-electron chi connectivity index (χ4n) is 1.01. The molecule has 5 nitrogen and oxygen atoms in total. The van der Waals surface area contributed by atoms with E-state index in [1.807, 2.05) is 0 Å². The van der Waals surface area contributed by atoms with Crippen LogP contribution >= 0.6 is 12.4 Å². The van der Waals surface area contributed by atoms with Gasteiger partial charge in [-0.15, -0.1) is 12.4 Å². The zero-order valence-electron chi connectivity index (χ0n) is 7.04. The van der Waals surface area contributed by atoms with Gasteiger partial charge in [0.05, 0.1) is 5.56 Å². The molecule has 6 heteroatoms. The normalized spacial score (nSPS) is 9.43. The van der Waals surface area contributed by atoms with Crippen molar-refractivity contribution < 1.29 is 4.79 Å². The molecule has 2 aromatic rings. The van der Waals surface area contributed by atoms with Gasteiger partial charge in [-0.1, -0.05) is 0 Å². The molecule has 0 unspecified atom stereocenters. The smallest absolute Gasteiger partial charge is 0.250 e. The van der Waals surface area contributed by atoms with Crippen molar-refractivity contribution in [1.29, 1.82) is 0 Å². The van der Waals surface area contributed by atoms with Crippen LogP contribution in [0.3, 0.4) is 0 Å². The summed E-state index contributed by atoms with van der Waals surface area (Å²) < 4.78 is 0. The Morgan fingerprint density at radius 1 is 1.29 bits per heavy atom. The van der Waals surface area contributed by atoms with E-state index in [4.69, 9.17) is 5.73 Å². The number of pyridine rings is 1. The summed E-state index contributed by atoms with van der Waals surface area (Å²) in [6.45, 7) is 0. The molecule has 2 heterocycles. The summed E-state index contributed by atoms with van der Waals surface area (Å²) in [6, 6.07) is 1.62. The largest absolute Gasteiger partial charge is 0.366 e. The number of aromatic nitrogens is 3. The predicted octanol–water partition coefficient (Wildman–Crippen LogP) is 0.546. The van der Waals surface area contributed by atoms with Gasteiger partial charge in [0.1, 0.15) is 6.33 Å². The van der Waals surface area contributed by atoms with E-state index < -0.39 is 5.91 Å². The molecule has 14 heavy (non-hydrogen) atoms. The average molecular weight is 211 g/mol. The number of hydrogen-bond donors (Lipinski definition) is 1. The molecule has 0 aliphatic rings. The van der Waals surface area contributed by atoms with Gasteiger partial charge in [-0.25, -0.2) is 15.0 Å². The van der Waals surface area contributed by atoms with Crippen molar-refractivity contribution in [3.05, 3.63) is 30.4 Å². The van der Waals surface area contributed by atoms with Crippen molar-refractivity contribution in [2.24, 2.45) is 5.73 Å². The summed E-state index contributed by atoms with van der Waals surface area (Å²) in [7, 11) is 0. The number of amides is 1. The van der Waals surface area contributed by atoms with E-state index in [1.54, 1.807) is 12.3 Å².